The van der Waals surface area contributed by atoms with Gasteiger partial charge in [-0.25, -0.2) is 0 Å². The van der Waals surface area contributed by atoms with E-state index in [4.69, 9.17) is 0 Å². The van der Waals surface area contributed by atoms with Gasteiger partial charge in [0.1, 0.15) is 0 Å². The summed E-state index contributed by atoms with van der Waals surface area (Å²) < 4.78 is 0. The average molecular weight is 288 g/mol. The van der Waals surface area contributed by atoms with E-state index in [1.165, 1.54) is 18.5 Å². The first-order chi connectivity index (χ1) is 10.3. The Kier molecular flexibility index (Phi) is 6.38. The summed E-state index contributed by atoms with van der Waals surface area (Å²) in [5.41, 5.74) is 1.19. The molecule has 116 valence electrons. The molecule has 0 spiro atoms. The van der Waals surface area contributed by atoms with Crippen LogP contribution < -0.4 is 10.6 Å². The Balaban J connectivity index is 1.64. The third-order valence-corrected chi connectivity index (χ3v) is 3.91. The van der Waals surface area contributed by atoms with E-state index in [0.29, 0.717) is 0 Å². The van der Waals surface area contributed by atoms with Crippen LogP contribution in [0, 0.1) is 5.92 Å². The molecule has 0 bridgehead atoms. The standard InChI is InChI=1S/C17H28N4/c1-15-8-6-13-21(14-15)17(18-2)20-12-7-11-19-16-9-4-3-5-10-16/h3-5,9-10,15,19H,6-8,11-14H2,1-2H3,(H,18,20). The number of hydrogen-bond acceptors (Lipinski definition) is 2. The number of aliphatic imine (C=N–C) groups is 1. The van der Waals surface area contributed by atoms with E-state index in [-0.39, 0.29) is 0 Å². The zero-order chi connectivity index (χ0) is 14.9. The van der Waals surface area contributed by atoms with Gasteiger partial charge in [-0.1, -0.05) is 25.1 Å². The van der Waals surface area contributed by atoms with E-state index in [1.807, 2.05) is 13.1 Å². The van der Waals surface area contributed by atoms with Crippen LogP contribution in [0.15, 0.2) is 35.3 Å². The Morgan fingerprint density at radius 2 is 2.10 bits per heavy atom. The maximum atomic E-state index is 4.41. The smallest absolute Gasteiger partial charge is 0.193 e. The molecule has 2 rings (SSSR count). The van der Waals surface area contributed by atoms with Gasteiger partial charge < -0.3 is 15.5 Å². The molecule has 4 heteroatoms. The highest BCUT2D eigenvalue weighted by atomic mass is 15.3. The van der Waals surface area contributed by atoms with Crippen molar-refractivity contribution in [3.05, 3.63) is 30.3 Å². The topological polar surface area (TPSA) is 39.7 Å². The van der Waals surface area contributed by atoms with Gasteiger partial charge >= 0.3 is 0 Å². The molecule has 0 aromatic heterocycles. The van der Waals surface area contributed by atoms with Crippen molar-refractivity contribution >= 4 is 11.6 Å². The van der Waals surface area contributed by atoms with Crippen molar-refractivity contribution in [1.82, 2.24) is 10.2 Å². The first-order valence-electron chi connectivity index (χ1n) is 8.04. The normalized spacial score (nSPS) is 19.4. The Labute approximate surface area is 128 Å². The van der Waals surface area contributed by atoms with Crippen LogP contribution in [-0.4, -0.2) is 44.1 Å². The second-order valence-electron chi connectivity index (χ2n) is 5.81. The molecule has 0 radical (unpaired) electrons. The lowest BCUT2D eigenvalue weighted by atomic mass is 10.0. The molecule has 1 aromatic carbocycles. The molecule has 1 aliphatic rings. The number of para-hydroxylation sites is 1. The average Bonchev–Trinajstić information content (AvgIpc) is 2.52. The predicted octanol–water partition coefficient (Wildman–Crippen LogP) is 2.80. The van der Waals surface area contributed by atoms with Gasteiger partial charge in [-0.2, -0.15) is 0 Å². The van der Waals surface area contributed by atoms with Crippen molar-refractivity contribution in [2.24, 2.45) is 10.9 Å². The van der Waals surface area contributed by atoms with Crippen LogP contribution in [0.3, 0.4) is 0 Å². The molecule has 0 amide bonds. The molecule has 1 aromatic rings. The summed E-state index contributed by atoms with van der Waals surface area (Å²) in [7, 11) is 1.88. The monoisotopic (exact) mass is 288 g/mol. The maximum Gasteiger partial charge on any atom is 0.193 e. The van der Waals surface area contributed by atoms with Crippen LogP contribution in [0.25, 0.3) is 0 Å². The highest BCUT2D eigenvalue weighted by Gasteiger charge is 2.18. The highest BCUT2D eigenvalue weighted by molar-refractivity contribution is 5.79. The van der Waals surface area contributed by atoms with Gasteiger partial charge in [0.2, 0.25) is 0 Å². The molecule has 1 saturated heterocycles. The first-order valence-corrected chi connectivity index (χ1v) is 8.04. The summed E-state index contributed by atoms with van der Waals surface area (Å²) in [4.78, 5) is 6.80. The minimum absolute atomic E-state index is 0.775. The van der Waals surface area contributed by atoms with Crippen molar-refractivity contribution in [2.45, 2.75) is 26.2 Å². The number of likely N-dealkylation sites (tertiary alicyclic amines) is 1. The number of nitrogens with zero attached hydrogens (tertiary/aromatic N) is 2. The summed E-state index contributed by atoms with van der Waals surface area (Å²) in [6.07, 6.45) is 3.70. The Morgan fingerprint density at radius 1 is 1.29 bits per heavy atom. The maximum absolute atomic E-state index is 4.41. The fourth-order valence-electron chi connectivity index (χ4n) is 2.79. The quantitative estimate of drug-likeness (QED) is 0.497. The van der Waals surface area contributed by atoms with Gasteiger partial charge in [0, 0.05) is 38.9 Å². The first kappa shape index (κ1) is 15.7. The number of piperidine rings is 1. The second-order valence-corrected chi connectivity index (χ2v) is 5.81. The van der Waals surface area contributed by atoms with Gasteiger partial charge in [-0.15, -0.1) is 0 Å². The van der Waals surface area contributed by atoms with Gasteiger partial charge in [0.05, 0.1) is 0 Å². The lowest BCUT2D eigenvalue weighted by molar-refractivity contribution is 0.266. The van der Waals surface area contributed by atoms with Crippen LogP contribution in [0.1, 0.15) is 26.2 Å². The van der Waals surface area contributed by atoms with Crippen molar-refractivity contribution in [2.75, 3.05) is 38.5 Å². The minimum Gasteiger partial charge on any atom is -0.385 e. The molecular weight excluding hydrogens is 260 g/mol. The Morgan fingerprint density at radius 3 is 2.81 bits per heavy atom. The van der Waals surface area contributed by atoms with E-state index in [9.17, 15) is 0 Å². The summed E-state index contributed by atoms with van der Waals surface area (Å²) in [6, 6.07) is 10.3. The molecule has 4 nitrogen and oxygen atoms in total. The molecular formula is C17H28N4. The predicted molar refractivity (Wildman–Crippen MR) is 90.9 cm³/mol. The van der Waals surface area contributed by atoms with Gasteiger partial charge in [0.15, 0.2) is 5.96 Å². The minimum atomic E-state index is 0.775. The van der Waals surface area contributed by atoms with Crippen LogP contribution in [-0.2, 0) is 0 Å². The summed E-state index contributed by atoms with van der Waals surface area (Å²) in [5, 5.41) is 6.91. The highest BCUT2D eigenvalue weighted by Crippen LogP contribution is 2.15. The molecule has 1 heterocycles. The summed E-state index contributed by atoms with van der Waals surface area (Å²) >= 11 is 0. The zero-order valence-electron chi connectivity index (χ0n) is 13.3. The SMILES string of the molecule is CN=C(NCCCNc1ccccc1)N1CCCC(C)C1. The van der Waals surface area contributed by atoms with E-state index in [2.05, 4.69) is 51.7 Å². The molecule has 1 atom stereocenters. The van der Waals surface area contributed by atoms with E-state index in [1.54, 1.807) is 0 Å². The van der Waals surface area contributed by atoms with E-state index < -0.39 is 0 Å². The molecule has 0 aliphatic carbocycles. The largest absolute Gasteiger partial charge is 0.385 e. The molecule has 0 saturated carbocycles. The van der Waals surface area contributed by atoms with Crippen LogP contribution in [0.4, 0.5) is 5.69 Å². The number of rotatable bonds is 5. The lowest BCUT2D eigenvalue weighted by Crippen LogP contribution is -2.46. The van der Waals surface area contributed by atoms with E-state index >= 15 is 0 Å². The van der Waals surface area contributed by atoms with Gasteiger partial charge in [-0.3, -0.25) is 4.99 Å². The Hall–Kier alpha value is -1.71. The number of benzene rings is 1. The molecule has 2 N–H and O–H groups in total. The zero-order valence-corrected chi connectivity index (χ0v) is 13.3. The van der Waals surface area contributed by atoms with Gasteiger partial charge in [-0.05, 0) is 37.3 Å². The number of anilines is 1. The van der Waals surface area contributed by atoms with Crippen LogP contribution >= 0.6 is 0 Å². The second kappa shape index (κ2) is 8.55. The fourth-order valence-corrected chi connectivity index (χ4v) is 2.79. The summed E-state index contributed by atoms with van der Waals surface area (Å²) in [5.74, 6) is 1.83. The number of nitrogens with one attached hydrogen (secondary N) is 2. The summed E-state index contributed by atoms with van der Waals surface area (Å²) in [6.45, 7) is 6.51. The molecule has 21 heavy (non-hydrogen) atoms. The van der Waals surface area contributed by atoms with Crippen molar-refractivity contribution < 1.29 is 0 Å². The number of guanidine groups is 1. The van der Waals surface area contributed by atoms with Crippen molar-refractivity contribution in [3.63, 3.8) is 0 Å². The van der Waals surface area contributed by atoms with Crippen LogP contribution in [0.2, 0.25) is 0 Å². The lowest BCUT2D eigenvalue weighted by Gasteiger charge is -2.33. The molecule has 1 unspecified atom stereocenters. The molecule has 1 fully saturated rings. The van der Waals surface area contributed by atoms with Crippen molar-refractivity contribution in [3.8, 4) is 0 Å². The number of hydrogen-bond donors (Lipinski definition) is 2. The van der Waals surface area contributed by atoms with E-state index in [0.717, 1.165) is 44.5 Å². The van der Waals surface area contributed by atoms with Gasteiger partial charge in [0.25, 0.3) is 0 Å². The van der Waals surface area contributed by atoms with Crippen LogP contribution in [0.5, 0.6) is 0 Å². The fraction of sp³-hybridized carbons (Fsp3) is 0.588. The third-order valence-electron chi connectivity index (χ3n) is 3.91. The Bertz CT molecular complexity index is 430. The molecule has 1 aliphatic heterocycles. The third kappa shape index (κ3) is 5.29. The van der Waals surface area contributed by atoms with Crippen molar-refractivity contribution in [1.29, 1.82) is 0 Å².